The predicted octanol–water partition coefficient (Wildman–Crippen LogP) is 3.64. The Kier molecular flexibility index (Phi) is 4.47. The second kappa shape index (κ2) is 6.11. The summed E-state index contributed by atoms with van der Waals surface area (Å²) in [5.74, 6) is -0.855. The highest BCUT2D eigenvalue weighted by Gasteiger charge is 2.11. The fourth-order valence-electron chi connectivity index (χ4n) is 1.66. The first kappa shape index (κ1) is 14.6. The molecule has 0 radical (unpaired) electrons. The molecule has 0 saturated carbocycles. The number of amides is 1. The number of carbonyl (C=O) groups excluding carboxylic acids is 1. The van der Waals surface area contributed by atoms with E-state index < -0.39 is 5.82 Å². The van der Waals surface area contributed by atoms with Crippen molar-refractivity contribution in [2.24, 2.45) is 0 Å². The van der Waals surface area contributed by atoms with E-state index in [0.717, 1.165) is 0 Å². The molecule has 0 bridgehead atoms. The van der Waals surface area contributed by atoms with Crippen molar-refractivity contribution < 1.29 is 9.18 Å². The van der Waals surface area contributed by atoms with Crippen molar-refractivity contribution in [1.29, 1.82) is 0 Å². The Hall–Kier alpha value is -1.78. The van der Waals surface area contributed by atoms with Crippen molar-refractivity contribution in [3.05, 3.63) is 63.4 Å². The van der Waals surface area contributed by atoms with Crippen LogP contribution in [0.15, 0.2) is 36.4 Å². The topological polar surface area (TPSA) is 55.1 Å². The highest BCUT2D eigenvalue weighted by Crippen LogP contribution is 2.22. The van der Waals surface area contributed by atoms with E-state index in [1.54, 1.807) is 24.3 Å². The van der Waals surface area contributed by atoms with E-state index in [9.17, 15) is 9.18 Å². The van der Waals surface area contributed by atoms with E-state index in [2.05, 4.69) is 5.32 Å². The van der Waals surface area contributed by atoms with Gasteiger partial charge in [0.2, 0.25) is 0 Å². The third-order valence-corrected chi connectivity index (χ3v) is 3.35. The molecule has 0 atom stereocenters. The maximum absolute atomic E-state index is 13.0. The summed E-state index contributed by atoms with van der Waals surface area (Å²) in [7, 11) is 0. The summed E-state index contributed by atoms with van der Waals surface area (Å²) in [6.07, 6.45) is 0. The number of hydrogen-bond donors (Lipinski definition) is 2. The molecule has 2 aromatic carbocycles. The zero-order valence-electron chi connectivity index (χ0n) is 10.3. The fourth-order valence-corrected chi connectivity index (χ4v) is 2.04. The molecule has 2 aromatic rings. The first-order chi connectivity index (χ1) is 9.49. The molecule has 0 spiro atoms. The highest BCUT2D eigenvalue weighted by molar-refractivity contribution is 6.34. The van der Waals surface area contributed by atoms with E-state index in [0.29, 0.717) is 16.1 Å². The van der Waals surface area contributed by atoms with Gasteiger partial charge >= 0.3 is 0 Å². The van der Waals surface area contributed by atoms with Crippen molar-refractivity contribution in [3.8, 4) is 0 Å². The molecule has 2 rings (SSSR count). The fraction of sp³-hybridized carbons (Fsp3) is 0.0714. The summed E-state index contributed by atoms with van der Waals surface area (Å²) >= 11 is 11.5. The highest BCUT2D eigenvalue weighted by atomic mass is 35.5. The maximum atomic E-state index is 13.0. The van der Waals surface area contributed by atoms with Gasteiger partial charge in [0.05, 0.1) is 21.3 Å². The second-order valence-corrected chi connectivity index (χ2v) is 4.95. The third kappa shape index (κ3) is 3.21. The molecule has 0 fully saturated rings. The van der Waals surface area contributed by atoms with Crippen molar-refractivity contribution in [2.75, 3.05) is 5.73 Å². The molecule has 104 valence electrons. The molecule has 0 heterocycles. The average Bonchev–Trinajstić information content (AvgIpc) is 2.43. The first-order valence-corrected chi connectivity index (χ1v) is 6.50. The number of carbonyl (C=O) groups is 1. The SMILES string of the molecule is Nc1c(Cl)cccc1C(=O)NCc1ccc(F)c(Cl)c1. The Morgan fingerprint density at radius 1 is 1.20 bits per heavy atom. The van der Waals surface area contributed by atoms with Crippen LogP contribution < -0.4 is 11.1 Å². The van der Waals surface area contributed by atoms with Gasteiger partial charge in [0.1, 0.15) is 5.82 Å². The Balaban J connectivity index is 2.08. The molecule has 6 heteroatoms. The van der Waals surface area contributed by atoms with E-state index in [1.165, 1.54) is 12.1 Å². The molecule has 0 aliphatic heterocycles. The molecule has 0 unspecified atom stereocenters. The monoisotopic (exact) mass is 312 g/mol. The van der Waals surface area contributed by atoms with Crippen molar-refractivity contribution in [2.45, 2.75) is 6.54 Å². The number of nitrogen functional groups attached to an aromatic ring is 1. The van der Waals surface area contributed by atoms with Gasteiger partial charge in [0.15, 0.2) is 0 Å². The van der Waals surface area contributed by atoms with Gasteiger partial charge in [-0.05, 0) is 29.8 Å². The molecule has 0 aliphatic carbocycles. The summed E-state index contributed by atoms with van der Waals surface area (Å²) in [5, 5.41) is 3.01. The minimum absolute atomic E-state index is 0.0130. The Morgan fingerprint density at radius 3 is 2.65 bits per heavy atom. The molecule has 0 aromatic heterocycles. The molecular weight excluding hydrogens is 302 g/mol. The van der Waals surface area contributed by atoms with Gasteiger partial charge < -0.3 is 11.1 Å². The van der Waals surface area contributed by atoms with Crippen LogP contribution in [-0.2, 0) is 6.54 Å². The minimum atomic E-state index is -0.499. The van der Waals surface area contributed by atoms with Crippen LogP contribution in [0.1, 0.15) is 15.9 Å². The van der Waals surface area contributed by atoms with Gasteiger partial charge in [-0.2, -0.15) is 0 Å². The lowest BCUT2D eigenvalue weighted by Gasteiger charge is -2.09. The number of nitrogens with two attached hydrogens (primary N) is 1. The zero-order chi connectivity index (χ0) is 14.7. The van der Waals surface area contributed by atoms with Gasteiger partial charge in [-0.3, -0.25) is 4.79 Å². The molecule has 3 nitrogen and oxygen atoms in total. The summed E-state index contributed by atoms with van der Waals surface area (Å²) in [4.78, 5) is 12.0. The third-order valence-electron chi connectivity index (χ3n) is 2.73. The summed E-state index contributed by atoms with van der Waals surface area (Å²) in [6, 6.07) is 9.07. The average molecular weight is 313 g/mol. The Bertz CT molecular complexity index is 662. The van der Waals surface area contributed by atoms with Crippen LogP contribution in [0, 0.1) is 5.82 Å². The van der Waals surface area contributed by atoms with Gasteiger partial charge in [0.25, 0.3) is 5.91 Å². The van der Waals surface area contributed by atoms with Gasteiger partial charge in [0, 0.05) is 6.54 Å². The predicted molar refractivity (Wildman–Crippen MR) is 78.4 cm³/mol. The summed E-state index contributed by atoms with van der Waals surface area (Å²) in [5.41, 5.74) is 6.94. The molecule has 3 N–H and O–H groups in total. The van der Waals surface area contributed by atoms with E-state index in [1.807, 2.05) is 0 Å². The minimum Gasteiger partial charge on any atom is -0.397 e. The van der Waals surface area contributed by atoms with Crippen molar-refractivity contribution in [1.82, 2.24) is 5.32 Å². The number of halogens is 3. The van der Waals surface area contributed by atoms with E-state index >= 15 is 0 Å². The standard InChI is InChI=1S/C14H11Cl2FN2O/c15-10-3-1-2-9(13(10)18)14(20)19-7-8-4-5-12(17)11(16)6-8/h1-6H,7,18H2,(H,19,20). The Morgan fingerprint density at radius 2 is 1.95 bits per heavy atom. The zero-order valence-corrected chi connectivity index (χ0v) is 11.8. The Labute approximate surface area is 125 Å². The van der Waals surface area contributed by atoms with Crippen molar-refractivity contribution in [3.63, 3.8) is 0 Å². The lowest BCUT2D eigenvalue weighted by molar-refractivity contribution is 0.0952. The number of benzene rings is 2. The van der Waals surface area contributed by atoms with Gasteiger partial charge in [-0.25, -0.2) is 4.39 Å². The molecule has 0 saturated heterocycles. The number of nitrogens with one attached hydrogen (secondary N) is 1. The maximum Gasteiger partial charge on any atom is 0.253 e. The van der Waals surface area contributed by atoms with Crippen LogP contribution in [0.5, 0.6) is 0 Å². The van der Waals surface area contributed by atoms with E-state index in [4.69, 9.17) is 28.9 Å². The number of rotatable bonds is 3. The van der Waals surface area contributed by atoms with Gasteiger partial charge in [-0.1, -0.05) is 35.3 Å². The number of anilines is 1. The quantitative estimate of drug-likeness (QED) is 0.850. The van der Waals surface area contributed by atoms with Crippen LogP contribution in [0.25, 0.3) is 0 Å². The van der Waals surface area contributed by atoms with Crippen LogP contribution >= 0.6 is 23.2 Å². The lowest BCUT2D eigenvalue weighted by Crippen LogP contribution is -2.23. The van der Waals surface area contributed by atoms with Crippen LogP contribution in [0.4, 0.5) is 10.1 Å². The molecule has 20 heavy (non-hydrogen) atoms. The van der Waals surface area contributed by atoms with E-state index in [-0.39, 0.29) is 23.2 Å². The van der Waals surface area contributed by atoms with Crippen molar-refractivity contribution >= 4 is 34.8 Å². The molecule has 1 amide bonds. The normalized spacial score (nSPS) is 10.3. The lowest BCUT2D eigenvalue weighted by atomic mass is 10.1. The van der Waals surface area contributed by atoms with Crippen LogP contribution in [0.3, 0.4) is 0 Å². The largest absolute Gasteiger partial charge is 0.397 e. The van der Waals surface area contributed by atoms with Crippen LogP contribution in [-0.4, -0.2) is 5.91 Å². The summed E-state index contributed by atoms with van der Waals surface area (Å²) < 4.78 is 13.0. The number of para-hydroxylation sites is 1. The van der Waals surface area contributed by atoms with Crippen LogP contribution in [0.2, 0.25) is 10.0 Å². The molecule has 0 aliphatic rings. The second-order valence-electron chi connectivity index (χ2n) is 4.13. The first-order valence-electron chi connectivity index (χ1n) is 5.75. The summed E-state index contributed by atoms with van der Waals surface area (Å²) in [6.45, 7) is 0.213. The smallest absolute Gasteiger partial charge is 0.253 e. The number of hydrogen-bond acceptors (Lipinski definition) is 2. The molecular formula is C14H11Cl2FN2O. The van der Waals surface area contributed by atoms with Gasteiger partial charge in [-0.15, -0.1) is 0 Å².